The molecule has 1 atom stereocenters. The maximum absolute atomic E-state index is 11.7. The minimum Gasteiger partial charge on any atom is -0.382 e. The van der Waals surface area contributed by atoms with Crippen LogP contribution in [0.2, 0.25) is 0 Å². The average molecular weight is 286 g/mol. The van der Waals surface area contributed by atoms with Crippen LogP contribution in [-0.2, 0) is 14.3 Å². The van der Waals surface area contributed by atoms with Crippen molar-refractivity contribution in [2.75, 3.05) is 33.5 Å². The lowest BCUT2D eigenvalue weighted by atomic mass is 10.2. The van der Waals surface area contributed by atoms with Crippen molar-refractivity contribution in [3.63, 3.8) is 0 Å². The number of nitrogens with two attached hydrogens (primary N) is 1. The summed E-state index contributed by atoms with van der Waals surface area (Å²) < 4.78 is 10.2. The van der Waals surface area contributed by atoms with Gasteiger partial charge in [0.1, 0.15) is 6.04 Å². The highest BCUT2D eigenvalue weighted by molar-refractivity contribution is 7.10. The van der Waals surface area contributed by atoms with Crippen LogP contribution in [0.1, 0.15) is 23.8 Å². The Morgan fingerprint density at radius 2 is 2.26 bits per heavy atom. The molecular formula is C13H22N2O3S. The van der Waals surface area contributed by atoms with Crippen LogP contribution >= 0.6 is 11.3 Å². The fraction of sp³-hybridized carbons (Fsp3) is 0.615. The topological polar surface area (TPSA) is 73.6 Å². The van der Waals surface area contributed by atoms with Crippen LogP contribution in [0.4, 0.5) is 0 Å². The van der Waals surface area contributed by atoms with Gasteiger partial charge in [0.05, 0.1) is 13.2 Å². The van der Waals surface area contributed by atoms with Crippen molar-refractivity contribution in [1.29, 1.82) is 0 Å². The Balaban J connectivity index is 2.01. The monoisotopic (exact) mass is 286 g/mol. The van der Waals surface area contributed by atoms with Crippen LogP contribution in [0.5, 0.6) is 0 Å². The van der Waals surface area contributed by atoms with Gasteiger partial charge >= 0.3 is 0 Å². The number of unbranched alkanes of at least 4 members (excludes halogenated alkanes) is 1. The van der Waals surface area contributed by atoms with E-state index in [1.807, 2.05) is 17.5 Å². The molecule has 1 rings (SSSR count). The quantitative estimate of drug-likeness (QED) is 0.636. The van der Waals surface area contributed by atoms with Gasteiger partial charge in [0.15, 0.2) is 0 Å². The first-order valence-electron chi connectivity index (χ1n) is 6.39. The minimum absolute atomic E-state index is 0.122. The Morgan fingerprint density at radius 1 is 1.42 bits per heavy atom. The largest absolute Gasteiger partial charge is 0.382 e. The second-order valence-electron chi connectivity index (χ2n) is 4.10. The first-order chi connectivity index (χ1) is 9.25. The Bertz CT molecular complexity index is 344. The van der Waals surface area contributed by atoms with Crippen LogP contribution in [0.3, 0.4) is 0 Å². The molecule has 0 aliphatic carbocycles. The van der Waals surface area contributed by atoms with E-state index in [0.717, 1.165) is 17.7 Å². The Morgan fingerprint density at radius 3 is 2.95 bits per heavy atom. The molecule has 1 heterocycles. The molecule has 5 nitrogen and oxygen atoms in total. The van der Waals surface area contributed by atoms with Crippen LogP contribution < -0.4 is 11.1 Å². The number of carbonyl (C=O) groups is 1. The summed E-state index contributed by atoms with van der Waals surface area (Å²) in [7, 11) is 1.65. The molecular weight excluding hydrogens is 264 g/mol. The van der Waals surface area contributed by atoms with Crippen LogP contribution in [0.25, 0.3) is 0 Å². The highest BCUT2D eigenvalue weighted by atomic mass is 32.1. The predicted octanol–water partition coefficient (Wildman–Crippen LogP) is 1.31. The van der Waals surface area contributed by atoms with E-state index in [2.05, 4.69) is 5.32 Å². The molecule has 19 heavy (non-hydrogen) atoms. The van der Waals surface area contributed by atoms with E-state index in [9.17, 15) is 4.79 Å². The van der Waals surface area contributed by atoms with E-state index >= 15 is 0 Å². The third-order valence-electron chi connectivity index (χ3n) is 2.58. The number of amides is 1. The summed E-state index contributed by atoms with van der Waals surface area (Å²) in [5, 5.41) is 4.75. The minimum atomic E-state index is -0.557. The zero-order valence-corrected chi connectivity index (χ0v) is 12.1. The van der Waals surface area contributed by atoms with Gasteiger partial charge in [0.2, 0.25) is 5.91 Å². The lowest BCUT2D eigenvalue weighted by Gasteiger charge is -2.10. The average Bonchev–Trinajstić information content (AvgIpc) is 2.94. The second-order valence-corrected chi connectivity index (χ2v) is 5.08. The third-order valence-corrected chi connectivity index (χ3v) is 3.53. The van der Waals surface area contributed by atoms with Crippen molar-refractivity contribution in [1.82, 2.24) is 5.32 Å². The SMILES string of the molecule is COCCOCCCCNC(=O)C(N)c1cccs1. The summed E-state index contributed by atoms with van der Waals surface area (Å²) in [4.78, 5) is 12.6. The number of thiophene rings is 1. The molecule has 0 fully saturated rings. The van der Waals surface area contributed by atoms with Crippen LogP contribution in [0, 0.1) is 0 Å². The number of hydrogen-bond donors (Lipinski definition) is 2. The normalized spacial score (nSPS) is 12.3. The summed E-state index contributed by atoms with van der Waals surface area (Å²) in [5.41, 5.74) is 5.84. The number of ether oxygens (including phenoxy) is 2. The molecule has 108 valence electrons. The zero-order valence-electron chi connectivity index (χ0n) is 11.3. The van der Waals surface area contributed by atoms with E-state index in [0.29, 0.717) is 26.4 Å². The van der Waals surface area contributed by atoms with Gasteiger partial charge < -0.3 is 20.5 Å². The molecule has 0 aliphatic heterocycles. The number of hydrogen-bond acceptors (Lipinski definition) is 5. The molecule has 1 aromatic rings. The summed E-state index contributed by atoms with van der Waals surface area (Å²) in [6, 6.07) is 3.21. The fourth-order valence-electron chi connectivity index (χ4n) is 1.49. The van der Waals surface area contributed by atoms with E-state index in [1.54, 1.807) is 7.11 Å². The molecule has 1 aromatic heterocycles. The number of rotatable bonds is 10. The van der Waals surface area contributed by atoms with E-state index in [-0.39, 0.29) is 5.91 Å². The van der Waals surface area contributed by atoms with Crippen molar-refractivity contribution >= 4 is 17.2 Å². The first-order valence-corrected chi connectivity index (χ1v) is 7.27. The van der Waals surface area contributed by atoms with Gasteiger partial charge in [-0.15, -0.1) is 11.3 Å². The molecule has 0 saturated heterocycles. The zero-order chi connectivity index (χ0) is 13.9. The highest BCUT2D eigenvalue weighted by Gasteiger charge is 2.15. The molecule has 1 unspecified atom stereocenters. The van der Waals surface area contributed by atoms with Gasteiger partial charge in [-0.2, -0.15) is 0 Å². The van der Waals surface area contributed by atoms with Crippen molar-refractivity contribution < 1.29 is 14.3 Å². The Labute approximate surface area is 118 Å². The molecule has 0 aliphatic rings. The van der Waals surface area contributed by atoms with Gasteiger partial charge in [0, 0.05) is 25.1 Å². The molecule has 0 saturated carbocycles. The van der Waals surface area contributed by atoms with Crippen molar-refractivity contribution in [3.8, 4) is 0 Å². The lowest BCUT2D eigenvalue weighted by Crippen LogP contribution is -2.34. The van der Waals surface area contributed by atoms with Crippen molar-refractivity contribution in [3.05, 3.63) is 22.4 Å². The standard InChI is InChI=1S/C13H22N2O3S/c1-17-8-9-18-7-3-2-6-15-13(16)12(14)11-5-4-10-19-11/h4-5,10,12H,2-3,6-9,14H2,1H3,(H,15,16). The number of carbonyl (C=O) groups excluding carboxylic acids is 1. The number of methoxy groups -OCH3 is 1. The lowest BCUT2D eigenvalue weighted by molar-refractivity contribution is -0.122. The summed E-state index contributed by atoms with van der Waals surface area (Å²) >= 11 is 1.50. The highest BCUT2D eigenvalue weighted by Crippen LogP contribution is 2.16. The maximum atomic E-state index is 11.7. The summed E-state index contributed by atoms with van der Waals surface area (Å²) in [6.45, 7) is 2.56. The van der Waals surface area contributed by atoms with Gasteiger partial charge in [0.25, 0.3) is 0 Å². The van der Waals surface area contributed by atoms with Crippen molar-refractivity contribution in [2.45, 2.75) is 18.9 Å². The van der Waals surface area contributed by atoms with E-state index in [1.165, 1.54) is 11.3 Å². The van der Waals surface area contributed by atoms with Gasteiger partial charge in [-0.05, 0) is 24.3 Å². The number of nitrogens with one attached hydrogen (secondary N) is 1. The van der Waals surface area contributed by atoms with Crippen LogP contribution in [-0.4, -0.2) is 39.4 Å². The molecule has 1 amide bonds. The van der Waals surface area contributed by atoms with Gasteiger partial charge in [-0.3, -0.25) is 4.79 Å². The third kappa shape index (κ3) is 6.68. The van der Waals surface area contributed by atoms with Crippen LogP contribution in [0.15, 0.2) is 17.5 Å². The smallest absolute Gasteiger partial charge is 0.242 e. The maximum Gasteiger partial charge on any atom is 0.242 e. The Kier molecular flexibility index (Phi) is 8.40. The molecule has 0 spiro atoms. The molecule has 0 bridgehead atoms. The first kappa shape index (κ1) is 16.1. The van der Waals surface area contributed by atoms with Crippen molar-refractivity contribution in [2.24, 2.45) is 5.73 Å². The molecule has 0 radical (unpaired) electrons. The van der Waals surface area contributed by atoms with Gasteiger partial charge in [-0.25, -0.2) is 0 Å². The Hall–Kier alpha value is -0.950. The van der Waals surface area contributed by atoms with E-state index < -0.39 is 6.04 Å². The molecule has 6 heteroatoms. The predicted molar refractivity (Wildman–Crippen MR) is 76.2 cm³/mol. The second kappa shape index (κ2) is 9.91. The summed E-state index contributed by atoms with van der Waals surface area (Å²) in [6.07, 6.45) is 1.80. The van der Waals surface area contributed by atoms with E-state index in [4.69, 9.17) is 15.2 Å². The summed E-state index contributed by atoms with van der Waals surface area (Å²) in [5.74, 6) is -0.122. The van der Waals surface area contributed by atoms with Gasteiger partial charge in [-0.1, -0.05) is 6.07 Å². The fourth-order valence-corrected chi connectivity index (χ4v) is 2.22. The molecule has 3 N–H and O–H groups in total. The molecule has 0 aromatic carbocycles.